The van der Waals surface area contributed by atoms with Gasteiger partial charge in [-0.3, -0.25) is 19.3 Å². The molecule has 3 aromatic rings. The summed E-state index contributed by atoms with van der Waals surface area (Å²) in [5.41, 5.74) is 1.81. The predicted octanol–water partition coefficient (Wildman–Crippen LogP) is 4.52. The van der Waals surface area contributed by atoms with Crippen molar-refractivity contribution < 1.29 is 23.9 Å². The minimum atomic E-state index is -0.723. The number of hydrogen-bond acceptors (Lipinski definition) is 5. The lowest BCUT2D eigenvalue weighted by molar-refractivity contribution is -0.153. The average molecular weight is 531 g/mol. The molecule has 0 bridgehead atoms. The van der Waals surface area contributed by atoms with Crippen molar-refractivity contribution in [2.24, 2.45) is 0 Å². The van der Waals surface area contributed by atoms with Crippen LogP contribution in [0.25, 0.3) is 0 Å². The largest absolute Gasteiger partial charge is 0.459 e. The molecule has 2 N–H and O–H groups in total. The number of urea groups is 1. The van der Waals surface area contributed by atoms with Gasteiger partial charge < -0.3 is 20.3 Å². The molecule has 0 fully saturated rings. The SMILES string of the molecule is Cc1cccc(NC(=O)NCC(=O)N(CC(=O)N(CC(=O)OC(C)(C)C)c2ccccc2)c2ccccc2)c1. The number of carbonyl (C=O) groups excluding carboxylic acids is 4. The number of rotatable bonds is 9. The zero-order valence-electron chi connectivity index (χ0n) is 22.6. The van der Waals surface area contributed by atoms with E-state index in [-0.39, 0.29) is 19.6 Å². The van der Waals surface area contributed by atoms with Crippen LogP contribution in [-0.4, -0.2) is 49.1 Å². The normalized spacial score (nSPS) is 10.8. The Labute approximate surface area is 228 Å². The zero-order valence-corrected chi connectivity index (χ0v) is 22.6. The minimum absolute atomic E-state index is 0.325. The van der Waals surface area contributed by atoms with E-state index in [1.54, 1.807) is 93.6 Å². The van der Waals surface area contributed by atoms with Gasteiger partial charge in [0.25, 0.3) is 0 Å². The van der Waals surface area contributed by atoms with E-state index < -0.39 is 29.4 Å². The summed E-state index contributed by atoms with van der Waals surface area (Å²) in [5.74, 6) is -1.57. The smallest absolute Gasteiger partial charge is 0.326 e. The fraction of sp³-hybridized carbons (Fsp3) is 0.267. The molecule has 0 radical (unpaired) electrons. The molecule has 204 valence electrons. The number of carbonyl (C=O) groups is 4. The fourth-order valence-electron chi connectivity index (χ4n) is 3.74. The summed E-state index contributed by atoms with van der Waals surface area (Å²) in [7, 11) is 0. The molecule has 0 spiro atoms. The topological polar surface area (TPSA) is 108 Å². The molecule has 0 heterocycles. The minimum Gasteiger partial charge on any atom is -0.459 e. The number of hydrogen-bond donors (Lipinski definition) is 2. The molecule has 0 unspecified atom stereocenters. The van der Waals surface area contributed by atoms with Gasteiger partial charge >= 0.3 is 12.0 Å². The molecule has 39 heavy (non-hydrogen) atoms. The van der Waals surface area contributed by atoms with Gasteiger partial charge in [0.15, 0.2) is 0 Å². The second-order valence-corrected chi connectivity index (χ2v) is 9.89. The summed E-state index contributed by atoms with van der Waals surface area (Å²) in [5, 5.41) is 5.24. The number of benzene rings is 3. The van der Waals surface area contributed by atoms with Crippen LogP contribution in [0.4, 0.5) is 21.9 Å². The lowest BCUT2D eigenvalue weighted by atomic mass is 10.2. The average Bonchev–Trinajstić information content (AvgIpc) is 2.89. The highest BCUT2D eigenvalue weighted by atomic mass is 16.6. The van der Waals surface area contributed by atoms with Crippen molar-refractivity contribution in [1.29, 1.82) is 0 Å². The standard InChI is InChI=1S/C30H34N4O5/c1-22-12-11-13-23(18-22)32-29(38)31-19-26(35)33(24-14-7-5-8-15-24)20-27(36)34(25-16-9-6-10-17-25)21-28(37)39-30(2,3)4/h5-18H,19-21H2,1-4H3,(H2,31,32,38). The first-order valence-electron chi connectivity index (χ1n) is 12.6. The maximum absolute atomic E-state index is 13.6. The molecule has 9 heteroatoms. The molecule has 9 nitrogen and oxygen atoms in total. The summed E-state index contributed by atoms with van der Waals surface area (Å²) in [6, 6.07) is 24.1. The third kappa shape index (κ3) is 9.30. The summed E-state index contributed by atoms with van der Waals surface area (Å²) < 4.78 is 5.43. The van der Waals surface area contributed by atoms with Crippen LogP contribution in [0.5, 0.6) is 0 Å². The van der Waals surface area contributed by atoms with Gasteiger partial charge in [0, 0.05) is 17.1 Å². The van der Waals surface area contributed by atoms with Crippen LogP contribution in [-0.2, 0) is 19.1 Å². The molecule has 0 saturated heterocycles. The van der Waals surface area contributed by atoms with Gasteiger partial charge in [-0.2, -0.15) is 0 Å². The van der Waals surface area contributed by atoms with Crippen LogP contribution >= 0.6 is 0 Å². The van der Waals surface area contributed by atoms with E-state index >= 15 is 0 Å². The molecular formula is C30H34N4O5. The Balaban J connectivity index is 1.76. The Morgan fingerprint density at radius 1 is 0.744 bits per heavy atom. The first kappa shape index (κ1) is 28.9. The first-order valence-corrected chi connectivity index (χ1v) is 12.6. The van der Waals surface area contributed by atoms with Gasteiger partial charge in [0.2, 0.25) is 11.8 Å². The number of esters is 1. The number of aryl methyl sites for hydroxylation is 1. The fourth-order valence-corrected chi connectivity index (χ4v) is 3.74. The van der Waals surface area contributed by atoms with Crippen molar-refractivity contribution in [2.45, 2.75) is 33.3 Å². The predicted molar refractivity (Wildman–Crippen MR) is 152 cm³/mol. The molecule has 0 atom stereocenters. The number of nitrogens with one attached hydrogen (secondary N) is 2. The Bertz CT molecular complexity index is 1290. The van der Waals surface area contributed by atoms with Crippen LogP contribution in [0.2, 0.25) is 0 Å². The van der Waals surface area contributed by atoms with Crippen molar-refractivity contribution >= 4 is 40.9 Å². The van der Waals surface area contributed by atoms with E-state index in [1.165, 1.54) is 9.80 Å². The maximum atomic E-state index is 13.6. The summed E-state index contributed by atoms with van der Waals surface area (Å²) in [4.78, 5) is 54.5. The molecule has 0 saturated carbocycles. The molecule has 3 aromatic carbocycles. The van der Waals surface area contributed by atoms with Crippen LogP contribution in [0.3, 0.4) is 0 Å². The molecule has 0 aliphatic rings. The highest BCUT2D eigenvalue weighted by Crippen LogP contribution is 2.18. The highest BCUT2D eigenvalue weighted by molar-refractivity contribution is 6.06. The molecular weight excluding hydrogens is 496 g/mol. The van der Waals surface area contributed by atoms with Gasteiger partial charge in [-0.25, -0.2) is 4.79 Å². The third-order valence-electron chi connectivity index (χ3n) is 5.41. The van der Waals surface area contributed by atoms with Gasteiger partial charge in [0.1, 0.15) is 18.7 Å². The number of ether oxygens (including phenoxy) is 1. The third-order valence-corrected chi connectivity index (χ3v) is 5.41. The van der Waals surface area contributed by atoms with Crippen molar-refractivity contribution in [3.63, 3.8) is 0 Å². The molecule has 0 aromatic heterocycles. The van der Waals surface area contributed by atoms with Gasteiger partial charge in [-0.15, -0.1) is 0 Å². The second kappa shape index (κ2) is 13.2. The molecule has 0 aliphatic heterocycles. The van der Waals surface area contributed by atoms with Crippen molar-refractivity contribution in [3.05, 3.63) is 90.5 Å². The Morgan fingerprint density at radius 3 is 1.85 bits per heavy atom. The number of para-hydroxylation sites is 2. The molecule has 0 aliphatic carbocycles. The quantitative estimate of drug-likeness (QED) is 0.396. The van der Waals surface area contributed by atoms with Crippen molar-refractivity contribution in [3.8, 4) is 0 Å². The van der Waals surface area contributed by atoms with E-state index in [9.17, 15) is 19.2 Å². The van der Waals surface area contributed by atoms with Crippen LogP contribution in [0.15, 0.2) is 84.9 Å². The number of amides is 4. The summed E-state index contributed by atoms with van der Waals surface area (Å²) >= 11 is 0. The van der Waals surface area contributed by atoms with Gasteiger partial charge in [-0.05, 0) is 69.7 Å². The number of nitrogens with zero attached hydrogens (tertiary/aromatic N) is 2. The lowest BCUT2D eigenvalue weighted by Crippen LogP contribution is -2.48. The second-order valence-electron chi connectivity index (χ2n) is 9.89. The molecule has 3 rings (SSSR count). The van der Waals surface area contributed by atoms with Crippen molar-refractivity contribution in [1.82, 2.24) is 5.32 Å². The Morgan fingerprint density at radius 2 is 1.31 bits per heavy atom. The first-order chi connectivity index (χ1) is 18.5. The number of anilines is 3. The molecule has 4 amide bonds. The summed E-state index contributed by atoms with van der Waals surface area (Å²) in [6.45, 7) is 6.11. The van der Waals surface area contributed by atoms with Crippen molar-refractivity contribution in [2.75, 3.05) is 34.8 Å². The van der Waals surface area contributed by atoms with E-state index in [0.717, 1.165) is 5.56 Å². The van der Waals surface area contributed by atoms with E-state index in [0.29, 0.717) is 17.1 Å². The highest BCUT2D eigenvalue weighted by Gasteiger charge is 2.27. The van der Waals surface area contributed by atoms with E-state index in [4.69, 9.17) is 4.74 Å². The van der Waals surface area contributed by atoms with Gasteiger partial charge in [-0.1, -0.05) is 48.5 Å². The van der Waals surface area contributed by atoms with Gasteiger partial charge in [0.05, 0.1) is 6.54 Å². The van der Waals surface area contributed by atoms with E-state index in [2.05, 4.69) is 10.6 Å². The zero-order chi connectivity index (χ0) is 28.4. The monoisotopic (exact) mass is 530 g/mol. The van der Waals surface area contributed by atoms with Crippen LogP contribution in [0.1, 0.15) is 26.3 Å². The van der Waals surface area contributed by atoms with Crippen LogP contribution < -0.4 is 20.4 Å². The van der Waals surface area contributed by atoms with E-state index in [1.807, 2.05) is 19.1 Å². The van der Waals surface area contributed by atoms with Crippen LogP contribution in [0, 0.1) is 6.92 Å². The Hall–Kier alpha value is -4.66. The maximum Gasteiger partial charge on any atom is 0.326 e. The summed E-state index contributed by atoms with van der Waals surface area (Å²) in [6.07, 6.45) is 0. The Kier molecular flexibility index (Phi) is 9.80. The lowest BCUT2D eigenvalue weighted by Gasteiger charge is -2.28.